The number of ether oxygens (including phenoxy) is 2. The average molecular weight is 907 g/mol. The molecule has 0 spiro atoms. The molecule has 0 saturated heterocycles. The zero-order chi connectivity index (χ0) is 49.1. The molecule has 2 unspecified atom stereocenters. The Morgan fingerprint density at radius 1 is 0.470 bits per heavy atom. The third kappa shape index (κ3) is 12.7. The quantitative estimate of drug-likeness (QED) is 0.0677. The molecule has 2 amide bonds. The SMILES string of the molecule is CC(Oc1c2cc(C(C)(C)C)cc1Cc1cc(C(C)(C)C)cc(c1O)Cc1cc(C(C)(C)C)cc(c1OC(C)C(=O)NCCCO)Cc1cc(C(C)(C)C)cc(c1O)C2)C(=O)NCCCO. The number of carbonyl (C=O) groups is 2. The fourth-order valence-electron chi connectivity index (χ4n) is 8.28. The number of fused-ring (bicyclic) bond motifs is 8. The molecule has 360 valence electrons. The van der Waals surface area contributed by atoms with Crippen molar-refractivity contribution in [2.75, 3.05) is 26.3 Å². The van der Waals surface area contributed by atoms with E-state index >= 15 is 0 Å². The summed E-state index contributed by atoms with van der Waals surface area (Å²) in [6.45, 7) is 29.8. The van der Waals surface area contributed by atoms with Crippen molar-refractivity contribution in [3.05, 3.63) is 115 Å². The van der Waals surface area contributed by atoms with Crippen LogP contribution in [0.3, 0.4) is 0 Å². The van der Waals surface area contributed by atoms with Crippen LogP contribution in [-0.2, 0) is 56.9 Å². The highest BCUT2D eigenvalue weighted by atomic mass is 16.5. The van der Waals surface area contributed by atoms with Gasteiger partial charge in [0.15, 0.2) is 12.2 Å². The molecule has 66 heavy (non-hydrogen) atoms. The monoisotopic (exact) mass is 907 g/mol. The largest absolute Gasteiger partial charge is 0.507 e. The summed E-state index contributed by atoms with van der Waals surface area (Å²) in [4.78, 5) is 27.1. The standard InChI is InChI=1S/C56H78N2O8/c1-33(51(63)57-17-15-19-59)65-49-39-21-35-25-43(53(3,4)5)27-37(47(35)61)23-41-31-46(56(12,13)14)32-42(50(41)66-34(2)52(64)58-18-16-20-60)24-38-28-44(54(6,7)8)26-36(48(38)62)22-40(49)30-45(29-39)55(9,10)11/h25-34,59-62H,15-24H2,1-14H3,(H,57,63)(H,58,64). The number of phenolic OH excluding ortho intramolecular Hbond substituents is 2. The molecule has 10 heteroatoms. The Morgan fingerprint density at radius 2 is 0.697 bits per heavy atom. The number of rotatable bonds is 12. The molecule has 0 aliphatic heterocycles. The average Bonchev–Trinajstić information content (AvgIpc) is 3.20. The number of benzene rings is 4. The summed E-state index contributed by atoms with van der Waals surface area (Å²) >= 11 is 0. The number of aliphatic hydroxyl groups excluding tert-OH is 2. The van der Waals surface area contributed by atoms with E-state index in [2.05, 4.69) is 142 Å². The predicted molar refractivity (Wildman–Crippen MR) is 265 cm³/mol. The molecule has 4 aromatic rings. The number of hydrogen-bond acceptors (Lipinski definition) is 8. The molecular weight excluding hydrogens is 829 g/mol. The van der Waals surface area contributed by atoms with Gasteiger partial charge in [0.2, 0.25) is 0 Å². The first kappa shape index (κ1) is 51.9. The summed E-state index contributed by atoms with van der Waals surface area (Å²) in [5.41, 5.74) is 8.87. The van der Waals surface area contributed by atoms with Crippen molar-refractivity contribution < 1.29 is 39.5 Å². The summed E-state index contributed by atoms with van der Waals surface area (Å²) in [7, 11) is 0. The van der Waals surface area contributed by atoms with Crippen LogP contribution < -0.4 is 20.1 Å². The van der Waals surface area contributed by atoms with E-state index in [9.17, 15) is 30.0 Å². The summed E-state index contributed by atoms with van der Waals surface area (Å²) in [5, 5.41) is 49.8. The summed E-state index contributed by atoms with van der Waals surface area (Å²) < 4.78 is 13.6. The minimum atomic E-state index is -0.901. The third-order valence-electron chi connectivity index (χ3n) is 12.6. The van der Waals surface area contributed by atoms with Crippen LogP contribution in [0, 0.1) is 0 Å². The predicted octanol–water partition coefficient (Wildman–Crippen LogP) is 9.50. The number of hydrogen-bond donors (Lipinski definition) is 6. The highest BCUT2D eigenvalue weighted by Gasteiger charge is 2.30. The van der Waals surface area contributed by atoms with Gasteiger partial charge in [0.05, 0.1) is 0 Å². The van der Waals surface area contributed by atoms with Gasteiger partial charge in [0.1, 0.15) is 23.0 Å². The van der Waals surface area contributed by atoms with E-state index in [4.69, 9.17) is 9.47 Å². The molecule has 0 radical (unpaired) electrons. The van der Waals surface area contributed by atoms with Crippen LogP contribution in [0.15, 0.2) is 48.5 Å². The summed E-state index contributed by atoms with van der Waals surface area (Å²) in [6.07, 6.45) is 0.124. The molecule has 4 aromatic carbocycles. The lowest BCUT2D eigenvalue weighted by atomic mass is 9.79. The number of carbonyl (C=O) groups excluding carboxylic acids is 2. The molecule has 6 N–H and O–H groups in total. The Kier molecular flexibility index (Phi) is 16.1. The van der Waals surface area contributed by atoms with Crippen LogP contribution in [0.2, 0.25) is 0 Å². The summed E-state index contributed by atoms with van der Waals surface area (Å²) in [6, 6.07) is 16.8. The smallest absolute Gasteiger partial charge is 0.260 e. The van der Waals surface area contributed by atoms with Crippen molar-refractivity contribution in [3.63, 3.8) is 0 Å². The lowest BCUT2D eigenvalue weighted by Crippen LogP contribution is -2.37. The van der Waals surface area contributed by atoms with Gasteiger partial charge >= 0.3 is 0 Å². The van der Waals surface area contributed by atoms with E-state index in [1.165, 1.54) is 0 Å². The van der Waals surface area contributed by atoms with Crippen LogP contribution >= 0.6 is 0 Å². The molecule has 8 bridgehead atoms. The van der Waals surface area contributed by atoms with E-state index < -0.39 is 12.2 Å². The van der Waals surface area contributed by atoms with Crippen LogP contribution in [0.1, 0.15) is 177 Å². The molecule has 0 saturated carbocycles. The first-order chi connectivity index (χ1) is 30.6. The normalized spacial score (nSPS) is 14.3. The van der Waals surface area contributed by atoms with Crippen molar-refractivity contribution in [1.82, 2.24) is 10.6 Å². The summed E-state index contributed by atoms with van der Waals surface area (Å²) in [5.74, 6) is 0.692. The molecule has 2 atom stereocenters. The van der Waals surface area contributed by atoms with Gasteiger partial charge in [-0.05, 0) is 115 Å². The van der Waals surface area contributed by atoms with Crippen molar-refractivity contribution in [2.45, 2.75) is 169 Å². The Labute approximate surface area is 394 Å². The Balaban J connectivity index is 1.91. The number of aromatic hydroxyl groups is 2. The Hall–Kier alpha value is -5.06. The van der Waals surface area contributed by atoms with Crippen molar-refractivity contribution >= 4 is 11.8 Å². The lowest BCUT2D eigenvalue weighted by molar-refractivity contribution is -0.128. The molecule has 0 fully saturated rings. The fourth-order valence-corrected chi connectivity index (χ4v) is 8.28. The van der Waals surface area contributed by atoms with Gasteiger partial charge in [-0.15, -0.1) is 0 Å². The molecule has 1 aliphatic carbocycles. The van der Waals surface area contributed by atoms with E-state index in [-0.39, 0.29) is 83.9 Å². The minimum absolute atomic E-state index is 0.0460. The minimum Gasteiger partial charge on any atom is -0.507 e. The molecule has 0 aromatic heterocycles. The first-order valence-corrected chi connectivity index (χ1v) is 23.8. The molecule has 10 nitrogen and oxygen atoms in total. The second-order valence-corrected chi connectivity index (χ2v) is 22.5. The van der Waals surface area contributed by atoms with Crippen LogP contribution in [-0.4, -0.2) is 70.8 Å². The van der Waals surface area contributed by atoms with Crippen molar-refractivity contribution in [1.29, 1.82) is 0 Å². The van der Waals surface area contributed by atoms with Gasteiger partial charge in [0.25, 0.3) is 11.8 Å². The first-order valence-electron chi connectivity index (χ1n) is 23.8. The van der Waals surface area contributed by atoms with Gasteiger partial charge in [-0.25, -0.2) is 0 Å². The number of nitrogens with one attached hydrogen (secondary N) is 2. The van der Waals surface area contributed by atoms with E-state index in [1.807, 2.05) is 0 Å². The van der Waals surface area contributed by atoms with Gasteiger partial charge in [-0.2, -0.15) is 0 Å². The van der Waals surface area contributed by atoms with Gasteiger partial charge in [-0.3, -0.25) is 9.59 Å². The van der Waals surface area contributed by atoms with Gasteiger partial charge in [-0.1, -0.05) is 132 Å². The molecule has 0 heterocycles. The maximum Gasteiger partial charge on any atom is 0.260 e. The van der Waals surface area contributed by atoms with Crippen LogP contribution in [0.5, 0.6) is 23.0 Å². The van der Waals surface area contributed by atoms with E-state index in [0.717, 1.165) is 44.5 Å². The maximum atomic E-state index is 13.5. The second kappa shape index (κ2) is 20.4. The van der Waals surface area contributed by atoms with Crippen molar-refractivity contribution in [2.24, 2.45) is 0 Å². The zero-order valence-electron chi connectivity index (χ0n) is 42.3. The van der Waals surface area contributed by atoms with Gasteiger partial charge < -0.3 is 40.5 Å². The van der Waals surface area contributed by atoms with Crippen LogP contribution in [0.25, 0.3) is 0 Å². The maximum absolute atomic E-state index is 13.5. The topological polar surface area (TPSA) is 158 Å². The second-order valence-electron chi connectivity index (χ2n) is 22.5. The lowest BCUT2D eigenvalue weighted by Gasteiger charge is -2.29. The van der Waals surface area contributed by atoms with E-state index in [0.29, 0.717) is 59.7 Å². The van der Waals surface area contributed by atoms with Crippen molar-refractivity contribution in [3.8, 4) is 23.0 Å². The third-order valence-corrected chi connectivity index (χ3v) is 12.6. The highest BCUT2D eigenvalue weighted by molar-refractivity contribution is 5.81. The zero-order valence-corrected chi connectivity index (χ0v) is 42.3. The number of aliphatic hydroxyl groups is 2. The molecule has 1 aliphatic rings. The molecule has 5 rings (SSSR count). The Morgan fingerprint density at radius 3 is 0.909 bits per heavy atom. The number of phenols is 2. The number of amides is 2. The highest BCUT2D eigenvalue weighted by Crippen LogP contribution is 2.44. The fraction of sp³-hybridized carbons (Fsp3) is 0.536. The molecular formula is C56H78N2O8. The van der Waals surface area contributed by atoms with Crippen LogP contribution in [0.4, 0.5) is 0 Å². The Bertz CT molecular complexity index is 2130. The van der Waals surface area contributed by atoms with Gasteiger partial charge in [0, 0.05) is 52.0 Å². The van der Waals surface area contributed by atoms with E-state index in [1.54, 1.807) is 13.8 Å².